The molecule has 6 N–H and O–H groups in total. The Balaban J connectivity index is 1.61. The van der Waals surface area contributed by atoms with E-state index in [1.165, 1.54) is 14.2 Å². The number of hydrazine groups is 2. The zero-order valence-electron chi connectivity index (χ0n) is 19.5. The molecule has 194 valence electrons. The van der Waals surface area contributed by atoms with E-state index in [9.17, 15) is 9.59 Å². The topological polar surface area (TPSA) is 125 Å². The smallest absolute Gasteiger partial charge is 0.238 e. The second kappa shape index (κ2) is 15.1. The first-order chi connectivity index (χ1) is 17.2. The van der Waals surface area contributed by atoms with E-state index < -0.39 is 0 Å². The van der Waals surface area contributed by atoms with Crippen molar-refractivity contribution < 1.29 is 19.1 Å². The molecule has 2 rings (SSSR count). The van der Waals surface area contributed by atoms with Gasteiger partial charge in [0, 0.05) is 22.9 Å². The summed E-state index contributed by atoms with van der Waals surface area (Å²) in [5.74, 6) is 0.528. The highest BCUT2D eigenvalue weighted by molar-refractivity contribution is 7.80. The summed E-state index contributed by atoms with van der Waals surface area (Å²) in [6, 6.07) is 10.0. The lowest BCUT2D eigenvalue weighted by Gasteiger charge is -2.14. The van der Waals surface area contributed by atoms with Gasteiger partial charge in [0.1, 0.15) is 11.5 Å². The average Bonchev–Trinajstić information content (AvgIpc) is 2.84. The molecule has 0 aromatic heterocycles. The summed E-state index contributed by atoms with van der Waals surface area (Å²) in [5, 5.41) is 7.12. The number of anilines is 2. The summed E-state index contributed by atoms with van der Waals surface area (Å²) >= 11 is 22.3. The lowest BCUT2D eigenvalue weighted by molar-refractivity contribution is -0.123. The van der Waals surface area contributed by atoms with Crippen LogP contribution >= 0.6 is 47.6 Å². The predicted molar refractivity (Wildman–Crippen MR) is 149 cm³/mol. The van der Waals surface area contributed by atoms with Crippen LogP contribution in [0.3, 0.4) is 0 Å². The van der Waals surface area contributed by atoms with E-state index >= 15 is 0 Å². The van der Waals surface area contributed by atoms with Gasteiger partial charge in [-0.2, -0.15) is 0 Å². The van der Waals surface area contributed by atoms with Gasteiger partial charge in [-0.25, -0.2) is 0 Å². The van der Waals surface area contributed by atoms with Gasteiger partial charge < -0.3 is 20.1 Å². The monoisotopic (exact) mass is 572 g/mol. The standard InChI is InChI=1S/C22H26Cl2N6O4S2/c1-33-17-9-7-13(23)11-15(17)25-21(35)29-27-19(31)5-3-4-6-20(32)28-30-22(36)26-16-12-14(24)8-10-18(16)34-2/h7-12H,3-6H2,1-2H3,(H,27,31)(H,28,32)(H2,25,29,35)(H2,26,30,36). The first-order valence-electron chi connectivity index (χ1n) is 10.6. The number of rotatable bonds is 9. The van der Waals surface area contributed by atoms with Crippen LogP contribution in [0, 0.1) is 0 Å². The Morgan fingerprint density at radius 2 is 1.11 bits per heavy atom. The van der Waals surface area contributed by atoms with Crippen LogP contribution < -0.4 is 41.8 Å². The van der Waals surface area contributed by atoms with Gasteiger partial charge in [-0.05, 0) is 73.7 Å². The van der Waals surface area contributed by atoms with Crippen molar-refractivity contribution in [1.29, 1.82) is 0 Å². The number of carbonyl (C=O) groups excluding carboxylic acids is 2. The van der Waals surface area contributed by atoms with E-state index in [2.05, 4.69) is 32.3 Å². The number of nitrogens with one attached hydrogen (secondary N) is 6. The van der Waals surface area contributed by atoms with Gasteiger partial charge in [0.25, 0.3) is 0 Å². The van der Waals surface area contributed by atoms with Crippen LogP contribution in [0.5, 0.6) is 11.5 Å². The minimum absolute atomic E-state index is 0.161. The molecule has 2 aromatic rings. The SMILES string of the molecule is COc1ccc(Cl)cc1NC(=S)NNC(=O)CCCCC(=O)NNC(=S)Nc1cc(Cl)ccc1OC. The number of halogens is 2. The summed E-state index contributed by atoms with van der Waals surface area (Å²) in [4.78, 5) is 24.0. The molecule has 0 radical (unpaired) electrons. The lowest BCUT2D eigenvalue weighted by atomic mass is 10.2. The number of ether oxygens (including phenoxy) is 2. The summed E-state index contributed by atoms with van der Waals surface area (Å²) < 4.78 is 10.5. The van der Waals surface area contributed by atoms with E-state index in [1.54, 1.807) is 36.4 Å². The molecule has 2 amide bonds. The molecule has 0 aliphatic carbocycles. The number of unbranched alkanes of at least 4 members (excludes halogenated alkanes) is 1. The largest absolute Gasteiger partial charge is 0.495 e. The van der Waals surface area contributed by atoms with Crippen LogP contribution in [-0.4, -0.2) is 36.3 Å². The predicted octanol–water partition coefficient (Wildman–Crippen LogP) is 3.91. The normalized spacial score (nSPS) is 10.0. The quantitative estimate of drug-likeness (QED) is 0.150. The Bertz CT molecular complexity index is 1020. The van der Waals surface area contributed by atoms with Crippen molar-refractivity contribution >= 4 is 81.1 Å². The molecular formula is C22H26Cl2N6O4S2. The van der Waals surface area contributed by atoms with Crippen LogP contribution in [0.2, 0.25) is 10.0 Å². The zero-order chi connectivity index (χ0) is 26.5. The first kappa shape index (κ1) is 29.2. The summed E-state index contributed by atoms with van der Waals surface area (Å²) in [6.07, 6.45) is 1.38. The third-order valence-electron chi connectivity index (χ3n) is 4.51. The molecule has 10 nitrogen and oxygen atoms in total. The number of amides is 2. The molecule has 0 fully saturated rings. The van der Waals surface area contributed by atoms with Gasteiger partial charge in [-0.1, -0.05) is 23.2 Å². The van der Waals surface area contributed by atoms with Crippen molar-refractivity contribution in [3.63, 3.8) is 0 Å². The number of thiocarbonyl (C=S) groups is 2. The minimum atomic E-state index is -0.281. The Morgan fingerprint density at radius 3 is 1.47 bits per heavy atom. The molecule has 0 bridgehead atoms. The van der Waals surface area contributed by atoms with Crippen LogP contribution in [0.4, 0.5) is 11.4 Å². The highest BCUT2D eigenvalue weighted by Crippen LogP contribution is 2.28. The summed E-state index contributed by atoms with van der Waals surface area (Å²) in [7, 11) is 3.04. The maximum Gasteiger partial charge on any atom is 0.238 e. The number of benzene rings is 2. The maximum absolute atomic E-state index is 12.0. The van der Waals surface area contributed by atoms with Crippen LogP contribution in [0.25, 0.3) is 0 Å². The molecule has 36 heavy (non-hydrogen) atoms. The molecule has 0 saturated carbocycles. The third-order valence-corrected chi connectivity index (χ3v) is 5.39. The number of hydrogen-bond donors (Lipinski definition) is 6. The van der Waals surface area contributed by atoms with Gasteiger partial charge in [-0.3, -0.25) is 31.3 Å². The average molecular weight is 574 g/mol. The fourth-order valence-corrected chi connectivity index (χ4v) is 3.48. The van der Waals surface area contributed by atoms with Crippen LogP contribution in [-0.2, 0) is 9.59 Å². The molecule has 0 saturated heterocycles. The summed E-state index contributed by atoms with van der Waals surface area (Å²) in [6.45, 7) is 0. The Labute approximate surface area is 229 Å². The molecule has 0 unspecified atom stereocenters. The molecule has 0 spiro atoms. The Hall–Kier alpha value is -3.06. The molecule has 0 aliphatic heterocycles. The van der Waals surface area contributed by atoms with Crippen molar-refractivity contribution in [3.8, 4) is 11.5 Å². The lowest BCUT2D eigenvalue weighted by Crippen LogP contribution is -2.44. The fourth-order valence-electron chi connectivity index (χ4n) is 2.81. The van der Waals surface area contributed by atoms with Crippen molar-refractivity contribution in [2.45, 2.75) is 25.7 Å². The molecule has 0 atom stereocenters. The van der Waals surface area contributed by atoms with E-state index in [1.807, 2.05) is 0 Å². The number of carbonyl (C=O) groups is 2. The van der Waals surface area contributed by atoms with Crippen LogP contribution in [0.1, 0.15) is 25.7 Å². The number of methoxy groups -OCH3 is 2. The Morgan fingerprint density at radius 1 is 0.722 bits per heavy atom. The maximum atomic E-state index is 12.0. The van der Waals surface area contributed by atoms with Gasteiger partial charge >= 0.3 is 0 Å². The van der Waals surface area contributed by atoms with Crippen molar-refractivity contribution in [2.75, 3.05) is 24.9 Å². The summed E-state index contributed by atoms with van der Waals surface area (Å²) in [5.41, 5.74) is 11.3. The van der Waals surface area contributed by atoms with Gasteiger partial charge in [-0.15, -0.1) is 0 Å². The second-order valence-corrected chi connectivity index (χ2v) is 8.84. The van der Waals surface area contributed by atoms with E-state index in [0.717, 1.165) is 0 Å². The van der Waals surface area contributed by atoms with Crippen molar-refractivity contribution in [1.82, 2.24) is 21.7 Å². The second-order valence-electron chi connectivity index (χ2n) is 7.15. The minimum Gasteiger partial charge on any atom is -0.495 e. The molecule has 0 aliphatic rings. The van der Waals surface area contributed by atoms with E-state index in [0.29, 0.717) is 45.8 Å². The van der Waals surface area contributed by atoms with Crippen molar-refractivity contribution in [3.05, 3.63) is 46.4 Å². The highest BCUT2D eigenvalue weighted by atomic mass is 35.5. The molecule has 14 heteroatoms. The first-order valence-corrected chi connectivity index (χ1v) is 12.2. The highest BCUT2D eigenvalue weighted by Gasteiger charge is 2.09. The van der Waals surface area contributed by atoms with Gasteiger partial charge in [0.15, 0.2) is 10.2 Å². The van der Waals surface area contributed by atoms with Crippen molar-refractivity contribution in [2.24, 2.45) is 0 Å². The fraction of sp³-hybridized carbons (Fsp3) is 0.273. The van der Waals surface area contributed by atoms with Crippen LogP contribution in [0.15, 0.2) is 36.4 Å². The molecule has 2 aromatic carbocycles. The Kier molecular flexibility index (Phi) is 12.3. The van der Waals surface area contributed by atoms with Gasteiger partial charge in [0.05, 0.1) is 25.6 Å². The zero-order valence-corrected chi connectivity index (χ0v) is 22.6. The van der Waals surface area contributed by atoms with Gasteiger partial charge in [0.2, 0.25) is 11.8 Å². The number of hydrogen-bond acceptors (Lipinski definition) is 6. The molecular weight excluding hydrogens is 547 g/mol. The van der Waals surface area contributed by atoms with E-state index in [4.69, 9.17) is 57.1 Å². The third kappa shape index (κ3) is 10.3. The molecule has 0 heterocycles. The van der Waals surface area contributed by atoms with E-state index in [-0.39, 0.29) is 34.9 Å².